The molecule has 2 N–H and O–H groups in total. The van der Waals surface area contributed by atoms with Crippen LogP contribution >= 0.6 is 24.0 Å². The Balaban J connectivity index is 0.00000312. The molecule has 0 radical (unpaired) electrons. The van der Waals surface area contributed by atoms with Crippen molar-refractivity contribution in [2.24, 2.45) is 4.99 Å². The molecule has 7 heteroatoms. The van der Waals surface area contributed by atoms with Gasteiger partial charge in [-0.2, -0.15) is 5.10 Å². The molecule has 1 aromatic carbocycles. The highest BCUT2D eigenvalue weighted by atomic mass is 127. The lowest BCUT2D eigenvalue weighted by Crippen LogP contribution is -2.39. The number of hydrogen-bond acceptors (Lipinski definition) is 3. The Kier molecular flexibility index (Phi) is 9.83. The van der Waals surface area contributed by atoms with E-state index < -0.39 is 0 Å². The molecular weight excluding hydrogens is 427 g/mol. The van der Waals surface area contributed by atoms with Crippen LogP contribution in [0.3, 0.4) is 0 Å². The van der Waals surface area contributed by atoms with Gasteiger partial charge in [0.1, 0.15) is 6.33 Å². The van der Waals surface area contributed by atoms with Crippen LogP contribution in [0, 0.1) is 0 Å². The van der Waals surface area contributed by atoms with Gasteiger partial charge in [-0.15, -0.1) is 30.6 Å². The summed E-state index contributed by atoms with van der Waals surface area (Å²) in [7, 11) is 2.07. The number of allylic oxidation sites excluding steroid dienone is 1. The van der Waals surface area contributed by atoms with Crippen molar-refractivity contribution in [3.63, 3.8) is 0 Å². The molecule has 0 saturated heterocycles. The fourth-order valence-electron chi connectivity index (χ4n) is 2.38. The van der Waals surface area contributed by atoms with E-state index in [1.54, 1.807) is 0 Å². The number of H-pyrrole nitrogens is 1. The molecule has 0 aliphatic rings. The van der Waals surface area contributed by atoms with Gasteiger partial charge in [0, 0.05) is 25.7 Å². The summed E-state index contributed by atoms with van der Waals surface area (Å²) in [5, 5.41) is 10.1. The fraction of sp³-hybridized carbons (Fsp3) is 0.389. The summed E-state index contributed by atoms with van der Waals surface area (Å²) in [4.78, 5) is 11.1. The molecule has 0 aliphatic carbocycles. The number of aromatic nitrogens is 3. The van der Waals surface area contributed by atoms with Crippen LogP contribution in [0.5, 0.6) is 0 Å². The smallest absolute Gasteiger partial charge is 0.193 e. The lowest BCUT2D eigenvalue weighted by molar-refractivity contribution is 0.470. The largest absolute Gasteiger partial charge is 0.357 e. The molecule has 0 unspecified atom stereocenters. The van der Waals surface area contributed by atoms with Crippen molar-refractivity contribution >= 4 is 29.9 Å². The predicted octanol–water partition coefficient (Wildman–Crippen LogP) is 3.45. The summed E-state index contributed by atoms with van der Waals surface area (Å²) in [5.74, 6) is 1.70. The summed E-state index contributed by atoms with van der Waals surface area (Å²) in [6.45, 7) is 8.27. The van der Waals surface area contributed by atoms with Crippen LogP contribution in [0.2, 0.25) is 0 Å². The van der Waals surface area contributed by atoms with Crippen molar-refractivity contribution in [3.8, 4) is 11.4 Å². The van der Waals surface area contributed by atoms with E-state index in [0.29, 0.717) is 6.54 Å². The van der Waals surface area contributed by atoms with Gasteiger partial charge in [0.15, 0.2) is 11.8 Å². The summed E-state index contributed by atoms with van der Waals surface area (Å²) >= 11 is 0. The van der Waals surface area contributed by atoms with Crippen molar-refractivity contribution < 1.29 is 0 Å². The summed E-state index contributed by atoms with van der Waals surface area (Å²) in [6.07, 6.45) is 5.56. The molecule has 1 heterocycles. The number of aromatic amines is 1. The number of aliphatic imine (C=N–C) groups is 1. The maximum atomic E-state index is 4.74. The van der Waals surface area contributed by atoms with Crippen LogP contribution in [0.1, 0.15) is 25.3 Å². The molecule has 0 atom stereocenters. The Morgan fingerprint density at radius 2 is 2.28 bits per heavy atom. The molecule has 2 rings (SSSR count). The van der Waals surface area contributed by atoms with Gasteiger partial charge < -0.3 is 10.2 Å². The van der Waals surface area contributed by atoms with E-state index in [2.05, 4.69) is 58.1 Å². The topological polar surface area (TPSA) is 69.2 Å². The summed E-state index contributed by atoms with van der Waals surface area (Å²) in [6, 6.07) is 8.19. The number of nitrogens with one attached hydrogen (secondary N) is 2. The maximum absolute atomic E-state index is 4.74. The van der Waals surface area contributed by atoms with Gasteiger partial charge in [0.05, 0.1) is 6.54 Å². The monoisotopic (exact) mass is 454 g/mol. The van der Waals surface area contributed by atoms with Crippen molar-refractivity contribution in [2.45, 2.75) is 26.3 Å². The van der Waals surface area contributed by atoms with Gasteiger partial charge in [-0.3, -0.25) is 5.10 Å². The Bertz CT molecular complexity index is 653. The second kappa shape index (κ2) is 11.6. The number of halogens is 1. The zero-order valence-electron chi connectivity index (χ0n) is 14.9. The molecular formula is C18H27IN6. The molecule has 0 amide bonds. The molecule has 0 bridgehead atoms. The van der Waals surface area contributed by atoms with E-state index in [1.807, 2.05) is 18.2 Å². The van der Waals surface area contributed by atoms with Gasteiger partial charge in [-0.05, 0) is 31.4 Å². The van der Waals surface area contributed by atoms with E-state index in [1.165, 1.54) is 6.33 Å². The first-order chi connectivity index (χ1) is 11.7. The van der Waals surface area contributed by atoms with Gasteiger partial charge in [-0.1, -0.05) is 24.3 Å². The standard InChI is InChI=1S/C18H26N6.HI/c1-4-6-7-11-24(3)18(19-5-2)20-13-15-9-8-10-16(12-15)17-21-14-22-23-17;/h4,8-10,12,14H,1,5-7,11,13H2,2-3H3,(H,19,20)(H,21,22,23);1H. The minimum Gasteiger partial charge on any atom is -0.357 e. The van der Waals surface area contributed by atoms with E-state index in [4.69, 9.17) is 4.99 Å². The molecule has 0 saturated carbocycles. The molecule has 0 aliphatic heterocycles. The predicted molar refractivity (Wildman–Crippen MR) is 114 cm³/mol. The minimum absolute atomic E-state index is 0. The number of nitrogens with zero attached hydrogens (tertiary/aromatic N) is 4. The number of rotatable bonds is 8. The third-order valence-electron chi connectivity index (χ3n) is 3.63. The van der Waals surface area contributed by atoms with Crippen molar-refractivity contribution in [1.29, 1.82) is 0 Å². The second-order valence-corrected chi connectivity index (χ2v) is 5.56. The first-order valence-corrected chi connectivity index (χ1v) is 8.29. The quantitative estimate of drug-likeness (QED) is 0.211. The average molecular weight is 454 g/mol. The average Bonchev–Trinajstić information content (AvgIpc) is 3.13. The number of benzene rings is 1. The van der Waals surface area contributed by atoms with Crippen LogP contribution in [0.25, 0.3) is 11.4 Å². The van der Waals surface area contributed by atoms with Crippen LogP contribution in [0.4, 0.5) is 0 Å². The molecule has 6 nitrogen and oxygen atoms in total. The van der Waals surface area contributed by atoms with Crippen LogP contribution in [-0.4, -0.2) is 46.2 Å². The van der Waals surface area contributed by atoms with Gasteiger partial charge in [-0.25, -0.2) is 9.98 Å². The van der Waals surface area contributed by atoms with Crippen LogP contribution < -0.4 is 5.32 Å². The van der Waals surface area contributed by atoms with E-state index >= 15 is 0 Å². The zero-order chi connectivity index (χ0) is 17.2. The second-order valence-electron chi connectivity index (χ2n) is 5.56. The normalized spacial score (nSPS) is 10.9. The Labute approximate surface area is 166 Å². The lowest BCUT2D eigenvalue weighted by atomic mass is 10.1. The Hall–Kier alpha value is -1.90. The first kappa shape index (κ1) is 21.1. The molecule has 136 valence electrons. The Morgan fingerprint density at radius 3 is 2.96 bits per heavy atom. The highest BCUT2D eigenvalue weighted by Crippen LogP contribution is 2.16. The van der Waals surface area contributed by atoms with Crippen LogP contribution in [0.15, 0.2) is 48.2 Å². The van der Waals surface area contributed by atoms with E-state index in [-0.39, 0.29) is 24.0 Å². The molecule has 1 aromatic heterocycles. The number of hydrogen-bond donors (Lipinski definition) is 2. The third-order valence-corrected chi connectivity index (χ3v) is 3.63. The summed E-state index contributed by atoms with van der Waals surface area (Å²) < 4.78 is 0. The number of unbranched alkanes of at least 4 members (excludes halogenated alkanes) is 1. The van der Waals surface area contributed by atoms with E-state index in [0.717, 1.165) is 48.8 Å². The zero-order valence-corrected chi connectivity index (χ0v) is 17.2. The highest BCUT2D eigenvalue weighted by Gasteiger charge is 2.06. The van der Waals surface area contributed by atoms with Crippen LogP contribution in [-0.2, 0) is 6.54 Å². The van der Waals surface area contributed by atoms with Crippen molar-refractivity contribution in [1.82, 2.24) is 25.4 Å². The third kappa shape index (κ3) is 6.85. The SMILES string of the molecule is C=CCCCN(C)C(=NCc1cccc(-c2ncn[nH]2)c1)NCC.I. The lowest BCUT2D eigenvalue weighted by Gasteiger charge is -2.21. The first-order valence-electron chi connectivity index (χ1n) is 8.29. The van der Waals surface area contributed by atoms with Crippen molar-refractivity contribution in [2.75, 3.05) is 20.1 Å². The van der Waals surface area contributed by atoms with Gasteiger partial charge >= 0.3 is 0 Å². The van der Waals surface area contributed by atoms with Gasteiger partial charge in [0.2, 0.25) is 0 Å². The molecule has 2 aromatic rings. The summed E-state index contributed by atoms with van der Waals surface area (Å²) in [5.41, 5.74) is 2.16. The molecule has 25 heavy (non-hydrogen) atoms. The highest BCUT2D eigenvalue weighted by molar-refractivity contribution is 14.0. The Morgan fingerprint density at radius 1 is 1.44 bits per heavy atom. The molecule has 0 fully saturated rings. The minimum atomic E-state index is 0. The van der Waals surface area contributed by atoms with Crippen molar-refractivity contribution in [3.05, 3.63) is 48.8 Å². The fourth-order valence-corrected chi connectivity index (χ4v) is 2.38. The molecule has 0 spiro atoms. The van der Waals surface area contributed by atoms with E-state index in [9.17, 15) is 0 Å². The number of guanidine groups is 1. The van der Waals surface area contributed by atoms with Gasteiger partial charge in [0.25, 0.3) is 0 Å². The maximum Gasteiger partial charge on any atom is 0.193 e.